The van der Waals surface area contributed by atoms with Crippen molar-refractivity contribution in [3.05, 3.63) is 35.4 Å². The number of oxime groups is 1. The molecule has 0 saturated heterocycles. The molecule has 1 rings (SSSR count). The summed E-state index contributed by atoms with van der Waals surface area (Å²) in [6, 6.07) is 6.96. The van der Waals surface area contributed by atoms with Crippen molar-refractivity contribution < 1.29 is 14.4 Å². The lowest BCUT2D eigenvalue weighted by Gasteiger charge is -2.23. The zero-order valence-electron chi connectivity index (χ0n) is 13.6. The molecule has 0 saturated carbocycles. The van der Waals surface area contributed by atoms with Gasteiger partial charge in [0.15, 0.2) is 0 Å². The number of rotatable bonds is 7. The molecule has 0 unspecified atom stereocenters. The molecular weight excluding hydrogens is 282 g/mol. The average molecular weight is 305 g/mol. The average Bonchev–Trinajstić information content (AvgIpc) is 2.53. The number of hydrogen-bond acceptors (Lipinski definition) is 4. The molecule has 2 amide bonds. The molecule has 1 aromatic carbocycles. The summed E-state index contributed by atoms with van der Waals surface area (Å²) >= 11 is 0. The van der Waals surface area contributed by atoms with Gasteiger partial charge in [0.1, 0.15) is 7.11 Å². The lowest BCUT2D eigenvalue weighted by molar-refractivity contribution is -0.131. The largest absolute Gasteiger partial charge is 0.399 e. The van der Waals surface area contributed by atoms with Gasteiger partial charge in [-0.2, -0.15) is 0 Å². The first-order valence-electron chi connectivity index (χ1n) is 7.23. The van der Waals surface area contributed by atoms with Gasteiger partial charge < -0.3 is 14.6 Å². The third kappa shape index (κ3) is 4.87. The maximum Gasteiger partial charge on any atom is 0.254 e. The third-order valence-corrected chi connectivity index (χ3v) is 3.30. The molecule has 0 spiro atoms. The molecule has 0 atom stereocenters. The van der Waals surface area contributed by atoms with Crippen LogP contribution in [0.4, 0.5) is 0 Å². The highest BCUT2D eigenvalue weighted by Gasteiger charge is 2.17. The number of hydrogen-bond donors (Lipinski definition) is 0. The Morgan fingerprint density at radius 3 is 2.27 bits per heavy atom. The van der Waals surface area contributed by atoms with E-state index in [1.165, 1.54) is 12.0 Å². The number of carbonyl (C=O) groups excluding carboxylic acids is 2. The SMILES string of the molecule is CCN(CC)C(=O)CN(C)C(=O)c1ccc(/C=N/OC)cc1. The zero-order valence-corrected chi connectivity index (χ0v) is 13.6. The van der Waals surface area contributed by atoms with Crippen molar-refractivity contribution in [3.63, 3.8) is 0 Å². The fourth-order valence-electron chi connectivity index (χ4n) is 2.00. The predicted molar refractivity (Wildman–Crippen MR) is 85.9 cm³/mol. The molecule has 0 aliphatic carbocycles. The molecular formula is C16H23N3O3. The van der Waals surface area contributed by atoms with Crippen LogP contribution in [0, 0.1) is 0 Å². The molecule has 0 fully saturated rings. The Morgan fingerprint density at radius 2 is 1.77 bits per heavy atom. The summed E-state index contributed by atoms with van der Waals surface area (Å²) in [5.41, 5.74) is 1.37. The Hall–Kier alpha value is -2.37. The smallest absolute Gasteiger partial charge is 0.254 e. The van der Waals surface area contributed by atoms with Gasteiger partial charge in [0.25, 0.3) is 5.91 Å². The maximum absolute atomic E-state index is 12.3. The number of benzene rings is 1. The number of likely N-dealkylation sites (N-methyl/N-ethyl adjacent to an activating group) is 2. The van der Waals surface area contributed by atoms with E-state index in [2.05, 4.69) is 9.99 Å². The number of nitrogens with zero attached hydrogens (tertiary/aromatic N) is 3. The van der Waals surface area contributed by atoms with E-state index < -0.39 is 0 Å². The van der Waals surface area contributed by atoms with E-state index in [1.807, 2.05) is 13.8 Å². The highest BCUT2D eigenvalue weighted by atomic mass is 16.6. The van der Waals surface area contributed by atoms with Gasteiger partial charge in [-0.15, -0.1) is 0 Å². The van der Waals surface area contributed by atoms with Crippen molar-refractivity contribution in [2.24, 2.45) is 5.16 Å². The van der Waals surface area contributed by atoms with Gasteiger partial charge in [-0.05, 0) is 31.5 Å². The van der Waals surface area contributed by atoms with E-state index in [-0.39, 0.29) is 18.4 Å². The van der Waals surface area contributed by atoms with Crippen molar-refractivity contribution in [1.29, 1.82) is 0 Å². The molecule has 0 aromatic heterocycles. The van der Waals surface area contributed by atoms with Crippen LogP contribution in [0.2, 0.25) is 0 Å². The van der Waals surface area contributed by atoms with Crippen molar-refractivity contribution in [1.82, 2.24) is 9.80 Å². The second kappa shape index (κ2) is 8.81. The first-order chi connectivity index (χ1) is 10.5. The van der Waals surface area contributed by atoms with Crippen LogP contribution in [-0.2, 0) is 9.63 Å². The lowest BCUT2D eigenvalue weighted by atomic mass is 10.1. The highest BCUT2D eigenvalue weighted by molar-refractivity contribution is 5.97. The topological polar surface area (TPSA) is 62.2 Å². The summed E-state index contributed by atoms with van der Waals surface area (Å²) in [5, 5.41) is 3.66. The van der Waals surface area contributed by atoms with Crippen LogP contribution >= 0.6 is 0 Å². The number of amides is 2. The summed E-state index contributed by atoms with van der Waals surface area (Å²) in [6.45, 7) is 5.20. The molecule has 22 heavy (non-hydrogen) atoms. The maximum atomic E-state index is 12.3. The van der Waals surface area contributed by atoms with E-state index in [1.54, 1.807) is 42.4 Å². The fraction of sp³-hybridized carbons (Fsp3) is 0.438. The van der Waals surface area contributed by atoms with Crippen LogP contribution in [0.5, 0.6) is 0 Å². The summed E-state index contributed by atoms with van der Waals surface area (Å²) in [5.74, 6) is -0.236. The third-order valence-electron chi connectivity index (χ3n) is 3.30. The summed E-state index contributed by atoms with van der Waals surface area (Å²) < 4.78 is 0. The van der Waals surface area contributed by atoms with Crippen molar-refractivity contribution in [2.45, 2.75) is 13.8 Å². The molecule has 120 valence electrons. The van der Waals surface area contributed by atoms with Crippen LogP contribution in [-0.4, -0.2) is 61.6 Å². The van der Waals surface area contributed by atoms with Crippen molar-refractivity contribution in [2.75, 3.05) is 33.8 Å². The Kier molecular flexibility index (Phi) is 7.08. The Labute approximate surface area is 131 Å². The minimum atomic E-state index is -0.185. The lowest BCUT2D eigenvalue weighted by Crippen LogP contribution is -2.41. The van der Waals surface area contributed by atoms with Gasteiger partial charge >= 0.3 is 0 Å². The molecule has 6 nitrogen and oxygen atoms in total. The summed E-state index contributed by atoms with van der Waals surface area (Å²) in [6.07, 6.45) is 1.56. The molecule has 0 radical (unpaired) electrons. The minimum Gasteiger partial charge on any atom is -0.399 e. The van der Waals surface area contributed by atoms with Gasteiger partial charge in [-0.3, -0.25) is 9.59 Å². The van der Waals surface area contributed by atoms with Crippen LogP contribution in [0.25, 0.3) is 0 Å². The molecule has 0 bridgehead atoms. The highest BCUT2D eigenvalue weighted by Crippen LogP contribution is 2.06. The van der Waals surface area contributed by atoms with Gasteiger partial charge in [0.05, 0.1) is 12.8 Å². The summed E-state index contributed by atoms with van der Waals surface area (Å²) in [7, 11) is 3.10. The molecule has 0 N–H and O–H groups in total. The van der Waals surface area contributed by atoms with E-state index in [0.29, 0.717) is 18.7 Å². The Morgan fingerprint density at radius 1 is 1.18 bits per heavy atom. The van der Waals surface area contributed by atoms with Crippen LogP contribution in [0.15, 0.2) is 29.4 Å². The van der Waals surface area contributed by atoms with Gasteiger partial charge in [-0.25, -0.2) is 0 Å². The van der Waals surface area contributed by atoms with Gasteiger partial charge in [0, 0.05) is 25.7 Å². The fourth-order valence-corrected chi connectivity index (χ4v) is 2.00. The molecule has 0 heterocycles. The van der Waals surface area contributed by atoms with Crippen LogP contribution in [0.3, 0.4) is 0 Å². The van der Waals surface area contributed by atoms with E-state index in [9.17, 15) is 9.59 Å². The Bertz CT molecular complexity index is 522. The second-order valence-electron chi connectivity index (χ2n) is 4.77. The minimum absolute atomic E-state index is 0.0512. The first kappa shape index (κ1) is 17.7. The van der Waals surface area contributed by atoms with E-state index >= 15 is 0 Å². The molecule has 1 aromatic rings. The molecule has 0 aliphatic rings. The Balaban J connectivity index is 2.70. The quantitative estimate of drug-likeness (QED) is 0.568. The standard InChI is InChI=1S/C16H23N3O3/c1-5-19(6-2)15(20)12-18(3)16(21)14-9-7-13(8-10-14)11-17-22-4/h7-11H,5-6,12H2,1-4H3/b17-11+. The van der Waals surface area contributed by atoms with Crippen LogP contribution in [0.1, 0.15) is 29.8 Å². The predicted octanol–water partition coefficient (Wildman–Crippen LogP) is 1.61. The van der Waals surface area contributed by atoms with Crippen LogP contribution < -0.4 is 0 Å². The monoisotopic (exact) mass is 305 g/mol. The summed E-state index contributed by atoms with van der Waals surface area (Å²) in [4.78, 5) is 32.1. The van der Waals surface area contributed by atoms with Crippen molar-refractivity contribution >= 4 is 18.0 Å². The molecule has 6 heteroatoms. The normalized spacial score (nSPS) is 10.5. The molecule has 0 aliphatic heterocycles. The van der Waals surface area contributed by atoms with E-state index in [0.717, 1.165) is 5.56 Å². The van der Waals surface area contributed by atoms with E-state index in [4.69, 9.17) is 0 Å². The number of carbonyl (C=O) groups is 2. The van der Waals surface area contributed by atoms with Gasteiger partial charge in [0.2, 0.25) is 5.91 Å². The zero-order chi connectivity index (χ0) is 16.5. The van der Waals surface area contributed by atoms with Gasteiger partial charge in [-0.1, -0.05) is 17.3 Å². The first-order valence-corrected chi connectivity index (χ1v) is 7.23. The van der Waals surface area contributed by atoms with Crippen molar-refractivity contribution in [3.8, 4) is 0 Å². The second-order valence-corrected chi connectivity index (χ2v) is 4.77.